The van der Waals surface area contributed by atoms with E-state index in [0.717, 1.165) is 6.07 Å². The van der Waals surface area contributed by atoms with Gasteiger partial charge in [-0.15, -0.1) is 0 Å². The highest BCUT2D eigenvalue weighted by Gasteiger charge is 2.34. The zero-order valence-corrected chi connectivity index (χ0v) is 13.1. The number of hydrogen-bond acceptors (Lipinski definition) is 2. The van der Waals surface area contributed by atoms with E-state index in [4.69, 9.17) is 9.05 Å². The number of halogens is 4. The highest BCUT2D eigenvalue weighted by molar-refractivity contribution is 9.10. The van der Waals surface area contributed by atoms with Crippen molar-refractivity contribution in [3.05, 3.63) is 33.8 Å². The summed E-state index contributed by atoms with van der Waals surface area (Å²) >= 11 is 3.06. The Morgan fingerprint density at radius 2 is 1.74 bits per heavy atom. The molecule has 0 amide bonds. The summed E-state index contributed by atoms with van der Waals surface area (Å²) in [5.41, 5.74) is -0.447. The van der Waals surface area contributed by atoms with Crippen LogP contribution in [0, 0.1) is 0 Å². The first-order valence-corrected chi connectivity index (χ1v) is 7.93. The maximum atomic E-state index is 13.0. The van der Waals surface area contributed by atoms with Crippen LogP contribution in [0.5, 0.6) is 0 Å². The molecule has 0 spiro atoms. The monoisotopic (exact) mass is 358 g/mol. The molecule has 0 N–H and O–H groups in total. The summed E-state index contributed by atoms with van der Waals surface area (Å²) < 4.78 is 50.0. The van der Waals surface area contributed by atoms with Crippen LogP contribution in [0.1, 0.15) is 25.0 Å². The summed E-state index contributed by atoms with van der Waals surface area (Å²) in [5, 5.41) is 0. The molecular weight excluding hydrogens is 344 g/mol. The fraction of sp³-hybridized carbons (Fsp3) is 0.500. The van der Waals surface area contributed by atoms with Gasteiger partial charge in [0.25, 0.3) is 0 Å². The van der Waals surface area contributed by atoms with E-state index in [2.05, 4.69) is 15.9 Å². The Kier molecular flexibility index (Phi) is 6.74. The van der Waals surface area contributed by atoms with Crippen LogP contribution < -0.4 is 0 Å². The maximum Gasteiger partial charge on any atom is 0.416 e. The number of rotatable bonds is 6. The van der Waals surface area contributed by atoms with E-state index < -0.39 is 20.1 Å². The molecule has 1 rings (SSSR count). The first-order chi connectivity index (χ1) is 8.88. The van der Waals surface area contributed by atoms with E-state index >= 15 is 0 Å². The molecule has 0 atom stereocenters. The lowest BCUT2D eigenvalue weighted by molar-refractivity contribution is -0.138. The van der Waals surface area contributed by atoms with E-state index in [9.17, 15) is 13.2 Å². The highest BCUT2D eigenvalue weighted by Crippen LogP contribution is 2.45. The van der Waals surface area contributed by atoms with Crippen molar-refractivity contribution in [2.75, 3.05) is 13.2 Å². The van der Waals surface area contributed by atoms with E-state index in [1.54, 1.807) is 19.9 Å². The Morgan fingerprint density at radius 1 is 1.16 bits per heavy atom. The van der Waals surface area contributed by atoms with Gasteiger partial charge in [0, 0.05) is 10.6 Å². The van der Waals surface area contributed by atoms with Gasteiger partial charge in [-0.25, -0.2) is 0 Å². The largest absolute Gasteiger partial charge is 0.416 e. The maximum absolute atomic E-state index is 13.0. The van der Waals surface area contributed by atoms with Crippen LogP contribution in [-0.4, -0.2) is 13.2 Å². The van der Waals surface area contributed by atoms with Crippen LogP contribution in [-0.2, 0) is 21.4 Å². The molecule has 0 aliphatic rings. The molecule has 2 nitrogen and oxygen atoms in total. The normalized spacial score (nSPS) is 12.2. The zero-order valence-electron chi connectivity index (χ0n) is 10.6. The molecule has 1 aromatic rings. The van der Waals surface area contributed by atoms with Gasteiger partial charge in [-0.05, 0) is 31.5 Å². The van der Waals surface area contributed by atoms with E-state index in [-0.39, 0.29) is 11.7 Å². The van der Waals surface area contributed by atoms with Crippen LogP contribution in [0.4, 0.5) is 13.2 Å². The minimum Gasteiger partial charge on any atom is -0.334 e. The van der Waals surface area contributed by atoms with Gasteiger partial charge in [-0.3, -0.25) is 0 Å². The molecule has 108 valence electrons. The van der Waals surface area contributed by atoms with E-state index in [1.807, 2.05) is 0 Å². The first kappa shape index (κ1) is 16.9. The topological polar surface area (TPSA) is 18.5 Å². The van der Waals surface area contributed by atoms with Crippen molar-refractivity contribution in [1.29, 1.82) is 0 Å². The van der Waals surface area contributed by atoms with Gasteiger partial charge in [-0.2, -0.15) is 13.2 Å². The average Bonchev–Trinajstić information content (AvgIpc) is 2.31. The van der Waals surface area contributed by atoms with Crippen molar-refractivity contribution in [1.82, 2.24) is 0 Å². The Balaban J connectivity index is 2.98. The fourth-order valence-corrected chi connectivity index (χ4v) is 3.25. The summed E-state index contributed by atoms with van der Waals surface area (Å²) in [4.78, 5) is 0. The molecule has 0 saturated heterocycles. The lowest BCUT2D eigenvalue weighted by Crippen LogP contribution is -2.09. The minimum atomic E-state index is -4.38. The lowest BCUT2D eigenvalue weighted by Gasteiger charge is -2.19. The van der Waals surface area contributed by atoms with Crippen LogP contribution in [0.25, 0.3) is 0 Å². The predicted octanol–water partition coefficient (Wildman–Crippen LogP) is 5.35. The van der Waals surface area contributed by atoms with Gasteiger partial charge in [0.2, 0.25) is 0 Å². The predicted molar refractivity (Wildman–Crippen MR) is 73.0 cm³/mol. The average molecular weight is 359 g/mol. The molecule has 1 aromatic carbocycles. The van der Waals surface area contributed by atoms with E-state index in [0.29, 0.717) is 17.7 Å². The molecule has 0 unspecified atom stereocenters. The van der Waals surface area contributed by atoms with Crippen molar-refractivity contribution >= 4 is 24.3 Å². The third-order valence-corrected chi connectivity index (χ3v) is 4.41. The highest BCUT2D eigenvalue weighted by atomic mass is 79.9. The molecular formula is C12H15BrF3O2P. The smallest absolute Gasteiger partial charge is 0.334 e. The van der Waals surface area contributed by atoms with Crippen molar-refractivity contribution in [3.8, 4) is 0 Å². The quantitative estimate of drug-likeness (QED) is 0.638. The molecule has 19 heavy (non-hydrogen) atoms. The SMILES string of the molecule is CCOP(Cc1ccc(Br)cc1C(F)(F)F)OCC. The van der Waals surface area contributed by atoms with Gasteiger partial charge >= 0.3 is 6.18 Å². The van der Waals surface area contributed by atoms with Crippen molar-refractivity contribution in [2.24, 2.45) is 0 Å². The van der Waals surface area contributed by atoms with Crippen molar-refractivity contribution < 1.29 is 22.2 Å². The van der Waals surface area contributed by atoms with Crippen LogP contribution in [0.2, 0.25) is 0 Å². The Bertz CT molecular complexity index is 406. The molecule has 0 aliphatic heterocycles. The second-order valence-corrected chi connectivity index (χ2v) is 6.04. The summed E-state index contributed by atoms with van der Waals surface area (Å²) in [5.74, 6) is 0. The molecule has 0 heterocycles. The van der Waals surface area contributed by atoms with Crippen LogP contribution in [0.3, 0.4) is 0 Å². The lowest BCUT2D eigenvalue weighted by atomic mass is 10.1. The van der Waals surface area contributed by atoms with Gasteiger partial charge < -0.3 is 9.05 Å². The molecule has 0 fully saturated rings. The van der Waals surface area contributed by atoms with Gasteiger partial charge in [-0.1, -0.05) is 22.0 Å². The Morgan fingerprint density at radius 3 is 2.21 bits per heavy atom. The number of benzene rings is 1. The van der Waals surface area contributed by atoms with Crippen molar-refractivity contribution in [2.45, 2.75) is 26.2 Å². The standard InChI is InChI=1S/C12H15BrF3O2P/c1-3-17-19(18-4-2)8-9-5-6-10(13)7-11(9)12(14,15)16/h5-7H,3-4,8H2,1-2H3. The van der Waals surface area contributed by atoms with E-state index in [1.165, 1.54) is 6.07 Å². The number of hydrogen-bond donors (Lipinski definition) is 0. The van der Waals surface area contributed by atoms with Gasteiger partial charge in [0.15, 0.2) is 8.38 Å². The zero-order chi connectivity index (χ0) is 14.5. The molecule has 7 heteroatoms. The molecule has 0 saturated carbocycles. The summed E-state index contributed by atoms with van der Waals surface area (Å²) in [6, 6.07) is 4.14. The van der Waals surface area contributed by atoms with Crippen LogP contribution in [0.15, 0.2) is 22.7 Å². The third kappa shape index (κ3) is 5.38. The second-order valence-electron chi connectivity index (χ2n) is 3.63. The Labute approximate surface area is 120 Å². The van der Waals surface area contributed by atoms with Gasteiger partial charge in [0.05, 0.1) is 18.8 Å². The molecule has 0 radical (unpaired) electrons. The first-order valence-electron chi connectivity index (χ1n) is 5.77. The van der Waals surface area contributed by atoms with Crippen molar-refractivity contribution in [3.63, 3.8) is 0 Å². The summed E-state index contributed by atoms with van der Waals surface area (Å²) in [6.45, 7) is 4.42. The third-order valence-electron chi connectivity index (χ3n) is 2.22. The second kappa shape index (κ2) is 7.58. The fourth-order valence-electron chi connectivity index (χ4n) is 1.51. The van der Waals surface area contributed by atoms with Crippen LogP contribution >= 0.6 is 24.3 Å². The molecule has 0 aliphatic carbocycles. The minimum absolute atomic E-state index is 0.138. The van der Waals surface area contributed by atoms with Gasteiger partial charge in [0.1, 0.15) is 0 Å². The summed E-state index contributed by atoms with van der Waals surface area (Å²) in [6.07, 6.45) is -4.24. The summed E-state index contributed by atoms with van der Waals surface area (Å²) in [7, 11) is -1.33. The molecule has 0 aromatic heterocycles. The number of alkyl halides is 3. The Hall–Kier alpha value is -0.160. The molecule has 0 bridgehead atoms.